The molecule has 0 heterocycles. The van der Waals surface area contributed by atoms with Crippen LogP contribution in [0.5, 0.6) is 0 Å². The molecule has 0 aliphatic carbocycles. The molecule has 0 radical (unpaired) electrons. The first-order valence-electron chi connectivity index (χ1n) is 5.50. The minimum Gasteiger partial charge on any atom is -0.329 e. The van der Waals surface area contributed by atoms with Crippen molar-refractivity contribution in [3.8, 4) is 0 Å². The summed E-state index contributed by atoms with van der Waals surface area (Å²) in [6.07, 6.45) is 0. The normalized spacial score (nSPS) is 11.1. The lowest BCUT2D eigenvalue weighted by molar-refractivity contribution is 0.335. The molecule has 0 amide bonds. The molecule has 2 heteroatoms. The molecule has 1 rings (SSSR count). The number of nitrogens with zero attached hydrogens (tertiary/aromatic N) is 1. The monoisotopic (exact) mass is 206 g/mol. The van der Waals surface area contributed by atoms with Crippen LogP contribution in [0.4, 0.5) is 0 Å². The van der Waals surface area contributed by atoms with Crippen LogP contribution in [-0.2, 0) is 6.54 Å². The standard InChI is InChI=1S/C13H22N2/c1-10-7-11(2)13(12(3)8-10)9-15(4)6-5-14/h7-8H,5-6,9,14H2,1-4H3. The van der Waals surface area contributed by atoms with Gasteiger partial charge >= 0.3 is 0 Å². The average Bonchev–Trinajstić information content (AvgIpc) is 2.11. The number of benzene rings is 1. The summed E-state index contributed by atoms with van der Waals surface area (Å²) in [5.41, 5.74) is 11.1. The largest absolute Gasteiger partial charge is 0.329 e. The fraction of sp³-hybridized carbons (Fsp3) is 0.538. The van der Waals surface area contributed by atoms with E-state index in [9.17, 15) is 0 Å². The molecule has 0 bridgehead atoms. The SMILES string of the molecule is Cc1cc(C)c(CN(C)CCN)c(C)c1. The summed E-state index contributed by atoms with van der Waals surface area (Å²) in [6.45, 7) is 9.19. The van der Waals surface area contributed by atoms with E-state index in [1.807, 2.05) is 0 Å². The van der Waals surface area contributed by atoms with Gasteiger partial charge in [0, 0.05) is 19.6 Å². The van der Waals surface area contributed by atoms with Gasteiger partial charge < -0.3 is 10.6 Å². The van der Waals surface area contributed by atoms with Crippen molar-refractivity contribution in [1.29, 1.82) is 0 Å². The van der Waals surface area contributed by atoms with Gasteiger partial charge in [-0.2, -0.15) is 0 Å². The van der Waals surface area contributed by atoms with Crippen molar-refractivity contribution in [3.63, 3.8) is 0 Å². The highest BCUT2D eigenvalue weighted by Crippen LogP contribution is 2.17. The second kappa shape index (κ2) is 5.29. The number of rotatable bonds is 4. The molecule has 0 aliphatic rings. The third kappa shape index (κ3) is 3.33. The van der Waals surface area contributed by atoms with Gasteiger partial charge in [-0.3, -0.25) is 0 Å². The van der Waals surface area contributed by atoms with Gasteiger partial charge in [0.25, 0.3) is 0 Å². The average molecular weight is 206 g/mol. The fourth-order valence-electron chi connectivity index (χ4n) is 2.03. The van der Waals surface area contributed by atoms with Gasteiger partial charge in [0.15, 0.2) is 0 Å². The van der Waals surface area contributed by atoms with E-state index in [2.05, 4.69) is 44.9 Å². The topological polar surface area (TPSA) is 29.3 Å². The van der Waals surface area contributed by atoms with Crippen LogP contribution in [0.3, 0.4) is 0 Å². The Morgan fingerprint density at radius 2 is 1.67 bits per heavy atom. The Morgan fingerprint density at radius 1 is 1.13 bits per heavy atom. The van der Waals surface area contributed by atoms with Crippen LogP contribution in [0.1, 0.15) is 22.3 Å². The molecule has 15 heavy (non-hydrogen) atoms. The Labute approximate surface area is 93.1 Å². The summed E-state index contributed by atoms with van der Waals surface area (Å²) in [7, 11) is 2.12. The quantitative estimate of drug-likeness (QED) is 0.816. The Balaban J connectivity index is 2.85. The first kappa shape index (κ1) is 12.2. The number of hydrogen-bond acceptors (Lipinski definition) is 2. The van der Waals surface area contributed by atoms with Crippen molar-refractivity contribution >= 4 is 0 Å². The third-order valence-electron chi connectivity index (χ3n) is 2.78. The molecule has 1 aromatic rings. The van der Waals surface area contributed by atoms with E-state index in [1.54, 1.807) is 0 Å². The predicted octanol–water partition coefficient (Wildman–Crippen LogP) is 2.00. The van der Waals surface area contributed by atoms with E-state index in [-0.39, 0.29) is 0 Å². The van der Waals surface area contributed by atoms with Gasteiger partial charge in [-0.25, -0.2) is 0 Å². The molecule has 0 spiro atoms. The summed E-state index contributed by atoms with van der Waals surface area (Å²) < 4.78 is 0. The Bertz CT molecular complexity index is 308. The summed E-state index contributed by atoms with van der Waals surface area (Å²) in [5, 5.41) is 0. The van der Waals surface area contributed by atoms with Crippen LogP contribution in [0.15, 0.2) is 12.1 Å². The lowest BCUT2D eigenvalue weighted by atomic mass is 9.99. The number of aryl methyl sites for hydroxylation is 3. The summed E-state index contributed by atoms with van der Waals surface area (Å²) >= 11 is 0. The summed E-state index contributed by atoms with van der Waals surface area (Å²) in [5.74, 6) is 0. The van der Waals surface area contributed by atoms with Crippen molar-refractivity contribution < 1.29 is 0 Å². The molecule has 0 aromatic heterocycles. The van der Waals surface area contributed by atoms with Gasteiger partial charge in [0.1, 0.15) is 0 Å². The molecule has 2 nitrogen and oxygen atoms in total. The first-order valence-corrected chi connectivity index (χ1v) is 5.50. The van der Waals surface area contributed by atoms with Crippen molar-refractivity contribution in [3.05, 3.63) is 34.4 Å². The molecule has 2 N–H and O–H groups in total. The number of likely N-dealkylation sites (N-methyl/N-ethyl adjacent to an activating group) is 1. The third-order valence-corrected chi connectivity index (χ3v) is 2.78. The van der Waals surface area contributed by atoms with Gasteiger partial charge in [-0.15, -0.1) is 0 Å². The Kier molecular flexibility index (Phi) is 4.30. The van der Waals surface area contributed by atoms with Crippen LogP contribution in [0.25, 0.3) is 0 Å². The maximum absolute atomic E-state index is 5.54. The Hall–Kier alpha value is -0.860. The number of nitrogens with two attached hydrogens (primary N) is 1. The number of hydrogen-bond donors (Lipinski definition) is 1. The molecule has 0 saturated heterocycles. The van der Waals surface area contributed by atoms with Crippen LogP contribution < -0.4 is 5.73 Å². The fourth-order valence-corrected chi connectivity index (χ4v) is 2.03. The highest BCUT2D eigenvalue weighted by molar-refractivity contribution is 5.37. The minimum absolute atomic E-state index is 0.723. The van der Waals surface area contributed by atoms with Crippen LogP contribution in [-0.4, -0.2) is 25.0 Å². The Morgan fingerprint density at radius 3 is 2.13 bits per heavy atom. The second-order valence-electron chi connectivity index (χ2n) is 4.40. The van der Waals surface area contributed by atoms with E-state index in [0.717, 1.165) is 19.6 Å². The van der Waals surface area contributed by atoms with Crippen molar-refractivity contribution in [1.82, 2.24) is 4.90 Å². The zero-order valence-corrected chi connectivity index (χ0v) is 10.3. The maximum Gasteiger partial charge on any atom is 0.0236 e. The van der Waals surface area contributed by atoms with Gasteiger partial charge in [0.2, 0.25) is 0 Å². The van der Waals surface area contributed by atoms with E-state index in [1.165, 1.54) is 22.3 Å². The highest BCUT2D eigenvalue weighted by Gasteiger charge is 2.06. The second-order valence-corrected chi connectivity index (χ2v) is 4.40. The molecular weight excluding hydrogens is 184 g/mol. The van der Waals surface area contributed by atoms with Gasteiger partial charge in [-0.05, 0) is 44.5 Å². The molecule has 0 atom stereocenters. The first-order chi connectivity index (χ1) is 7.04. The molecular formula is C13H22N2. The summed E-state index contributed by atoms with van der Waals surface area (Å²) in [4.78, 5) is 2.27. The van der Waals surface area contributed by atoms with E-state index >= 15 is 0 Å². The zero-order chi connectivity index (χ0) is 11.4. The summed E-state index contributed by atoms with van der Waals surface area (Å²) in [6, 6.07) is 4.50. The lowest BCUT2D eigenvalue weighted by Crippen LogP contribution is -2.25. The zero-order valence-electron chi connectivity index (χ0n) is 10.3. The van der Waals surface area contributed by atoms with E-state index in [0.29, 0.717) is 0 Å². The highest BCUT2D eigenvalue weighted by atomic mass is 15.1. The molecule has 84 valence electrons. The van der Waals surface area contributed by atoms with Crippen molar-refractivity contribution in [2.45, 2.75) is 27.3 Å². The molecule has 0 unspecified atom stereocenters. The molecule has 0 fully saturated rings. The maximum atomic E-state index is 5.54. The lowest BCUT2D eigenvalue weighted by Gasteiger charge is -2.19. The molecule has 0 aliphatic heterocycles. The van der Waals surface area contributed by atoms with Crippen molar-refractivity contribution in [2.75, 3.05) is 20.1 Å². The molecule has 0 saturated carbocycles. The molecule has 1 aromatic carbocycles. The van der Waals surface area contributed by atoms with E-state index < -0.39 is 0 Å². The van der Waals surface area contributed by atoms with E-state index in [4.69, 9.17) is 5.73 Å². The van der Waals surface area contributed by atoms with Crippen molar-refractivity contribution in [2.24, 2.45) is 5.73 Å². The predicted molar refractivity (Wildman–Crippen MR) is 66.0 cm³/mol. The van der Waals surface area contributed by atoms with Crippen LogP contribution in [0, 0.1) is 20.8 Å². The van der Waals surface area contributed by atoms with Crippen LogP contribution in [0.2, 0.25) is 0 Å². The van der Waals surface area contributed by atoms with Crippen LogP contribution >= 0.6 is 0 Å². The minimum atomic E-state index is 0.723. The van der Waals surface area contributed by atoms with Gasteiger partial charge in [-0.1, -0.05) is 17.7 Å². The smallest absolute Gasteiger partial charge is 0.0236 e. The van der Waals surface area contributed by atoms with Gasteiger partial charge in [0.05, 0.1) is 0 Å².